The molecular formula is C20H28N4O3. The maximum Gasteiger partial charge on any atom is 0.239 e. The molecule has 2 aromatic rings. The van der Waals surface area contributed by atoms with Crippen LogP contribution < -0.4 is 5.32 Å². The van der Waals surface area contributed by atoms with Gasteiger partial charge in [0.05, 0.1) is 19.8 Å². The predicted octanol–water partition coefficient (Wildman–Crippen LogP) is 1.01. The summed E-state index contributed by atoms with van der Waals surface area (Å²) in [6.07, 6.45) is 2.74. The van der Waals surface area contributed by atoms with Gasteiger partial charge in [0, 0.05) is 56.7 Å². The van der Waals surface area contributed by atoms with Gasteiger partial charge >= 0.3 is 0 Å². The van der Waals surface area contributed by atoms with Crippen LogP contribution in [-0.4, -0.2) is 79.1 Å². The molecule has 0 radical (unpaired) electrons. The number of fused-ring (bicyclic) bond motifs is 1. The minimum atomic E-state index is -0.119. The lowest BCUT2D eigenvalue weighted by molar-refractivity contribution is -0.134. The van der Waals surface area contributed by atoms with E-state index in [4.69, 9.17) is 4.74 Å². The zero-order valence-electron chi connectivity index (χ0n) is 15.9. The van der Waals surface area contributed by atoms with Crippen molar-refractivity contribution in [1.82, 2.24) is 20.1 Å². The Morgan fingerprint density at radius 2 is 2.04 bits per heavy atom. The fraction of sp³-hybridized carbons (Fsp3) is 0.500. The average molecular weight is 372 g/mol. The van der Waals surface area contributed by atoms with Crippen LogP contribution in [0.25, 0.3) is 10.9 Å². The highest BCUT2D eigenvalue weighted by atomic mass is 16.5. The summed E-state index contributed by atoms with van der Waals surface area (Å²) in [5, 5.41) is 4.11. The zero-order valence-corrected chi connectivity index (χ0v) is 15.9. The number of benzene rings is 1. The second-order valence-corrected chi connectivity index (χ2v) is 6.85. The standard InChI is InChI=1S/C20H28N4O3/c1-16(25)24(9-8-23-10-12-27-13-11-23)15-20(26)21-7-6-17-14-22-19-5-3-2-4-18(17)19/h2-5,14,22H,6-13,15H2,1H3,(H,21,26). The molecule has 0 bridgehead atoms. The van der Waals surface area contributed by atoms with Gasteiger partial charge in [0.25, 0.3) is 0 Å². The van der Waals surface area contributed by atoms with Gasteiger partial charge in [-0.25, -0.2) is 0 Å². The molecule has 7 nitrogen and oxygen atoms in total. The van der Waals surface area contributed by atoms with E-state index < -0.39 is 0 Å². The van der Waals surface area contributed by atoms with Gasteiger partial charge in [-0.2, -0.15) is 0 Å². The molecule has 1 aromatic heterocycles. The van der Waals surface area contributed by atoms with Crippen LogP contribution in [0.2, 0.25) is 0 Å². The van der Waals surface area contributed by atoms with E-state index in [1.807, 2.05) is 24.4 Å². The van der Waals surface area contributed by atoms with Gasteiger partial charge in [-0.15, -0.1) is 0 Å². The van der Waals surface area contributed by atoms with Crippen molar-refractivity contribution in [2.45, 2.75) is 13.3 Å². The minimum absolute atomic E-state index is 0.0740. The van der Waals surface area contributed by atoms with Gasteiger partial charge in [-0.1, -0.05) is 18.2 Å². The van der Waals surface area contributed by atoms with Crippen LogP contribution in [0.5, 0.6) is 0 Å². The first-order valence-corrected chi connectivity index (χ1v) is 9.51. The Kier molecular flexibility index (Phi) is 6.84. The summed E-state index contributed by atoms with van der Waals surface area (Å²) in [7, 11) is 0. The minimum Gasteiger partial charge on any atom is -0.379 e. The average Bonchev–Trinajstić information content (AvgIpc) is 3.09. The first-order chi connectivity index (χ1) is 13.1. The van der Waals surface area contributed by atoms with Gasteiger partial charge in [0.2, 0.25) is 11.8 Å². The molecule has 0 aliphatic carbocycles. The van der Waals surface area contributed by atoms with Gasteiger partial charge < -0.3 is 19.9 Å². The summed E-state index contributed by atoms with van der Waals surface area (Å²) in [5.74, 6) is -0.193. The molecule has 3 rings (SSSR count). The SMILES string of the molecule is CC(=O)N(CCN1CCOCC1)CC(=O)NCCc1c[nH]c2ccccc12. The predicted molar refractivity (Wildman–Crippen MR) is 105 cm³/mol. The van der Waals surface area contributed by atoms with Crippen LogP contribution in [0, 0.1) is 0 Å². The number of hydrogen-bond acceptors (Lipinski definition) is 4. The lowest BCUT2D eigenvalue weighted by Gasteiger charge is -2.29. The first kappa shape index (κ1) is 19.4. The zero-order chi connectivity index (χ0) is 19.1. The molecule has 1 aromatic carbocycles. The monoisotopic (exact) mass is 372 g/mol. The van der Waals surface area contributed by atoms with Crippen molar-refractivity contribution in [2.24, 2.45) is 0 Å². The molecular weight excluding hydrogens is 344 g/mol. The number of ether oxygens (including phenoxy) is 1. The Hall–Kier alpha value is -2.38. The molecule has 2 N–H and O–H groups in total. The van der Waals surface area contributed by atoms with Crippen molar-refractivity contribution in [3.63, 3.8) is 0 Å². The summed E-state index contributed by atoms with van der Waals surface area (Å²) in [5.41, 5.74) is 2.28. The van der Waals surface area contributed by atoms with E-state index in [1.54, 1.807) is 4.90 Å². The van der Waals surface area contributed by atoms with Crippen molar-refractivity contribution < 1.29 is 14.3 Å². The number of nitrogens with zero attached hydrogens (tertiary/aromatic N) is 2. The van der Waals surface area contributed by atoms with Crippen LogP contribution in [0.4, 0.5) is 0 Å². The Bertz CT molecular complexity index is 767. The van der Waals surface area contributed by atoms with E-state index in [2.05, 4.69) is 21.3 Å². The van der Waals surface area contributed by atoms with Crippen molar-refractivity contribution in [1.29, 1.82) is 0 Å². The van der Waals surface area contributed by atoms with Crippen molar-refractivity contribution >= 4 is 22.7 Å². The van der Waals surface area contributed by atoms with Gasteiger partial charge in [0.1, 0.15) is 0 Å². The molecule has 1 fully saturated rings. The number of rotatable bonds is 8. The van der Waals surface area contributed by atoms with E-state index >= 15 is 0 Å². The summed E-state index contributed by atoms with van der Waals surface area (Å²) in [6, 6.07) is 8.12. The molecule has 146 valence electrons. The number of morpholine rings is 1. The molecule has 1 aliphatic heterocycles. The van der Waals surface area contributed by atoms with Gasteiger partial charge in [-0.05, 0) is 18.1 Å². The highest BCUT2D eigenvalue weighted by molar-refractivity contribution is 5.84. The molecule has 1 aliphatic rings. The third kappa shape index (κ3) is 5.55. The van der Waals surface area contributed by atoms with Gasteiger partial charge in [0.15, 0.2) is 0 Å². The number of carbonyl (C=O) groups is 2. The Morgan fingerprint density at radius 1 is 1.26 bits per heavy atom. The normalized spacial score (nSPS) is 15.0. The molecule has 0 saturated carbocycles. The molecule has 0 atom stereocenters. The van der Waals surface area contributed by atoms with E-state index in [-0.39, 0.29) is 18.4 Å². The Labute approximate surface area is 159 Å². The largest absolute Gasteiger partial charge is 0.379 e. The third-order valence-electron chi connectivity index (χ3n) is 4.96. The van der Waals surface area contributed by atoms with Crippen LogP contribution in [0.15, 0.2) is 30.5 Å². The Balaban J connectivity index is 1.42. The number of para-hydroxylation sites is 1. The molecule has 27 heavy (non-hydrogen) atoms. The summed E-state index contributed by atoms with van der Waals surface area (Å²) < 4.78 is 5.33. The maximum absolute atomic E-state index is 12.3. The van der Waals surface area contributed by atoms with E-state index in [9.17, 15) is 9.59 Å². The summed E-state index contributed by atoms with van der Waals surface area (Å²) >= 11 is 0. The molecule has 2 amide bonds. The number of carbonyl (C=O) groups excluding carboxylic acids is 2. The fourth-order valence-corrected chi connectivity index (χ4v) is 3.34. The first-order valence-electron chi connectivity index (χ1n) is 9.51. The second kappa shape index (κ2) is 9.53. The van der Waals surface area contributed by atoms with Crippen molar-refractivity contribution in [3.05, 3.63) is 36.0 Å². The van der Waals surface area contributed by atoms with Crippen molar-refractivity contribution in [3.8, 4) is 0 Å². The highest BCUT2D eigenvalue weighted by Crippen LogP contribution is 2.17. The molecule has 0 spiro atoms. The molecule has 2 heterocycles. The molecule has 0 unspecified atom stereocenters. The van der Waals surface area contributed by atoms with E-state index in [0.29, 0.717) is 13.1 Å². The number of aromatic amines is 1. The smallest absolute Gasteiger partial charge is 0.239 e. The number of H-pyrrole nitrogens is 1. The van der Waals surface area contributed by atoms with Crippen LogP contribution >= 0.6 is 0 Å². The van der Waals surface area contributed by atoms with Crippen molar-refractivity contribution in [2.75, 3.05) is 52.5 Å². The number of aromatic nitrogens is 1. The fourth-order valence-electron chi connectivity index (χ4n) is 3.34. The lowest BCUT2D eigenvalue weighted by Crippen LogP contribution is -2.45. The second-order valence-electron chi connectivity index (χ2n) is 6.85. The number of nitrogens with one attached hydrogen (secondary N) is 2. The molecule has 1 saturated heterocycles. The molecule has 7 heteroatoms. The lowest BCUT2D eigenvalue weighted by atomic mass is 10.1. The van der Waals surface area contributed by atoms with Crippen LogP contribution in [-0.2, 0) is 20.7 Å². The Morgan fingerprint density at radius 3 is 2.81 bits per heavy atom. The van der Waals surface area contributed by atoms with Crippen LogP contribution in [0.1, 0.15) is 12.5 Å². The summed E-state index contributed by atoms with van der Waals surface area (Å²) in [4.78, 5) is 31.2. The highest BCUT2D eigenvalue weighted by Gasteiger charge is 2.16. The summed E-state index contributed by atoms with van der Waals surface area (Å²) in [6.45, 7) is 6.71. The van der Waals surface area contributed by atoms with E-state index in [1.165, 1.54) is 17.9 Å². The van der Waals surface area contributed by atoms with Crippen LogP contribution in [0.3, 0.4) is 0 Å². The third-order valence-corrected chi connectivity index (χ3v) is 4.96. The number of amides is 2. The van der Waals surface area contributed by atoms with E-state index in [0.717, 1.165) is 44.8 Å². The maximum atomic E-state index is 12.3. The topological polar surface area (TPSA) is 77.7 Å². The van der Waals surface area contributed by atoms with Gasteiger partial charge in [-0.3, -0.25) is 14.5 Å². The number of hydrogen-bond donors (Lipinski definition) is 2. The quantitative estimate of drug-likeness (QED) is 0.725.